The molecule has 0 unspecified atom stereocenters. The lowest BCUT2D eigenvalue weighted by molar-refractivity contribution is -0.128. The van der Waals surface area contributed by atoms with E-state index in [1.54, 1.807) is 4.90 Å². The lowest BCUT2D eigenvalue weighted by atomic mass is 10.1. The molecule has 0 saturated carbocycles. The molecule has 1 amide bonds. The summed E-state index contributed by atoms with van der Waals surface area (Å²) < 4.78 is 0. The molecule has 128 valence electrons. The number of hydrogen-bond donors (Lipinski definition) is 1. The van der Waals surface area contributed by atoms with Gasteiger partial charge in [-0.15, -0.1) is 0 Å². The van der Waals surface area contributed by atoms with Crippen molar-refractivity contribution in [1.29, 1.82) is 0 Å². The predicted octanol–water partition coefficient (Wildman–Crippen LogP) is 3.92. The number of rotatable bonds is 6. The van der Waals surface area contributed by atoms with Gasteiger partial charge in [0.2, 0.25) is 5.91 Å². The summed E-state index contributed by atoms with van der Waals surface area (Å²) in [6.07, 6.45) is 0. The monoisotopic (exact) mass is 332 g/mol. The van der Waals surface area contributed by atoms with Crippen LogP contribution < -0.4 is 5.32 Å². The van der Waals surface area contributed by atoms with Crippen LogP contribution in [-0.2, 0) is 4.79 Å². The zero-order valence-corrected chi connectivity index (χ0v) is 14.9. The fourth-order valence-electron chi connectivity index (χ4n) is 2.36. The predicted molar refractivity (Wildman–Crippen MR) is 104 cm³/mol. The largest absolute Gasteiger partial charge is 0.376 e. The normalized spacial score (nSPS) is 9.68. The summed E-state index contributed by atoms with van der Waals surface area (Å²) in [5.74, 6) is 6.35. The SMILES string of the molecule is C=C(C)CN(CC)C(=O)CNc1cccc(C#Cc2ccccc2)c1. The molecule has 0 fully saturated rings. The van der Waals surface area contributed by atoms with E-state index in [-0.39, 0.29) is 12.5 Å². The van der Waals surface area contributed by atoms with Crippen molar-refractivity contribution in [1.82, 2.24) is 4.90 Å². The molecule has 1 N–H and O–H groups in total. The van der Waals surface area contributed by atoms with Gasteiger partial charge in [0.15, 0.2) is 0 Å². The average Bonchev–Trinajstić information content (AvgIpc) is 2.63. The Morgan fingerprint density at radius 2 is 1.76 bits per heavy atom. The molecule has 0 radical (unpaired) electrons. The second kappa shape index (κ2) is 9.34. The van der Waals surface area contributed by atoms with Gasteiger partial charge in [-0.05, 0) is 44.2 Å². The Morgan fingerprint density at radius 3 is 2.44 bits per heavy atom. The van der Waals surface area contributed by atoms with Crippen molar-refractivity contribution >= 4 is 11.6 Å². The van der Waals surface area contributed by atoms with Crippen molar-refractivity contribution in [3.05, 3.63) is 77.9 Å². The zero-order valence-electron chi connectivity index (χ0n) is 14.9. The number of hydrogen-bond acceptors (Lipinski definition) is 2. The Morgan fingerprint density at radius 1 is 1.08 bits per heavy atom. The van der Waals surface area contributed by atoms with Crippen molar-refractivity contribution in [2.24, 2.45) is 0 Å². The van der Waals surface area contributed by atoms with Crippen molar-refractivity contribution < 1.29 is 4.79 Å². The van der Waals surface area contributed by atoms with Gasteiger partial charge in [0, 0.05) is 29.9 Å². The highest BCUT2D eigenvalue weighted by Gasteiger charge is 2.10. The number of nitrogens with one attached hydrogen (secondary N) is 1. The lowest BCUT2D eigenvalue weighted by Crippen LogP contribution is -2.36. The summed E-state index contributed by atoms with van der Waals surface area (Å²) in [5, 5.41) is 3.18. The number of benzene rings is 2. The van der Waals surface area contributed by atoms with Crippen LogP contribution in [0.1, 0.15) is 25.0 Å². The molecule has 0 aliphatic heterocycles. The minimum absolute atomic E-state index is 0.0614. The molecular formula is C22H24N2O. The average molecular weight is 332 g/mol. The Bertz CT molecular complexity index is 784. The van der Waals surface area contributed by atoms with Gasteiger partial charge >= 0.3 is 0 Å². The summed E-state index contributed by atoms with van der Waals surface area (Å²) in [6.45, 7) is 9.31. The maximum atomic E-state index is 12.3. The van der Waals surface area contributed by atoms with Gasteiger partial charge in [-0.25, -0.2) is 0 Å². The number of carbonyl (C=O) groups is 1. The maximum absolute atomic E-state index is 12.3. The first-order valence-corrected chi connectivity index (χ1v) is 8.41. The molecule has 3 nitrogen and oxygen atoms in total. The van der Waals surface area contributed by atoms with E-state index in [0.717, 1.165) is 22.4 Å². The lowest BCUT2D eigenvalue weighted by Gasteiger charge is -2.21. The van der Waals surface area contributed by atoms with Crippen LogP contribution in [0.25, 0.3) is 0 Å². The van der Waals surface area contributed by atoms with E-state index in [9.17, 15) is 4.79 Å². The molecular weight excluding hydrogens is 308 g/mol. The highest BCUT2D eigenvalue weighted by Crippen LogP contribution is 2.10. The standard InChI is InChI=1S/C22H24N2O/c1-4-24(17-18(2)3)22(25)16-23-21-12-8-11-20(15-21)14-13-19-9-6-5-7-10-19/h5-12,15,23H,2,4,16-17H2,1,3H3. The second-order valence-corrected chi connectivity index (χ2v) is 5.92. The maximum Gasteiger partial charge on any atom is 0.242 e. The smallest absolute Gasteiger partial charge is 0.242 e. The van der Waals surface area contributed by atoms with Crippen LogP contribution in [0.2, 0.25) is 0 Å². The van der Waals surface area contributed by atoms with Crippen LogP contribution in [0.5, 0.6) is 0 Å². The molecule has 2 aromatic carbocycles. The Hall–Kier alpha value is -2.99. The minimum atomic E-state index is 0.0614. The fourth-order valence-corrected chi connectivity index (χ4v) is 2.36. The van der Waals surface area contributed by atoms with Crippen molar-refractivity contribution in [3.63, 3.8) is 0 Å². The third-order valence-electron chi connectivity index (χ3n) is 3.63. The zero-order chi connectivity index (χ0) is 18.1. The van der Waals surface area contributed by atoms with Crippen LogP contribution in [0.15, 0.2) is 66.7 Å². The van der Waals surface area contributed by atoms with E-state index >= 15 is 0 Å². The van der Waals surface area contributed by atoms with Gasteiger partial charge < -0.3 is 10.2 Å². The van der Waals surface area contributed by atoms with E-state index in [1.165, 1.54) is 0 Å². The molecule has 0 spiro atoms. The van der Waals surface area contributed by atoms with Gasteiger partial charge in [-0.1, -0.05) is 48.3 Å². The summed E-state index contributed by atoms with van der Waals surface area (Å²) in [4.78, 5) is 14.1. The highest BCUT2D eigenvalue weighted by atomic mass is 16.2. The summed E-state index contributed by atoms with van der Waals surface area (Å²) in [5.41, 5.74) is 3.76. The Labute approximate surface area is 150 Å². The minimum Gasteiger partial charge on any atom is -0.376 e. The molecule has 3 heteroatoms. The summed E-state index contributed by atoms with van der Waals surface area (Å²) in [7, 11) is 0. The third kappa shape index (κ3) is 6.19. The van der Waals surface area contributed by atoms with Gasteiger partial charge in [-0.3, -0.25) is 4.79 Å². The van der Waals surface area contributed by atoms with Crippen LogP contribution >= 0.6 is 0 Å². The fraction of sp³-hybridized carbons (Fsp3) is 0.227. The molecule has 25 heavy (non-hydrogen) atoms. The van der Waals surface area contributed by atoms with Crippen LogP contribution in [0, 0.1) is 11.8 Å². The van der Waals surface area contributed by atoms with Gasteiger partial charge in [-0.2, -0.15) is 0 Å². The third-order valence-corrected chi connectivity index (χ3v) is 3.63. The van der Waals surface area contributed by atoms with Crippen LogP contribution in [-0.4, -0.2) is 30.4 Å². The van der Waals surface area contributed by atoms with Crippen LogP contribution in [0.3, 0.4) is 0 Å². The summed E-state index contributed by atoms with van der Waals surface area (Å²) in [6, 6.07) is 17.7. The van der Waals surface area contributed by atoms with E-state index in [2.05, 4.69) is 23.7 Å². The van der Waals surface area contributed by atoms with Gasteiger partial charge in [0.25, 0.3) is 0 Å². The van der Waals surface area contributed by atoms with Crippen LogP contribution in [0.4, 0.5) is 5.69 Å². The van der Waals surface area contributed by atoms with E-state index in [4.69, 9.17) is 0 Å². The molecule has 0 aliphatic carbocycles. The van der Waals surface area contributed by atoms with Gasteiger partial charge in [0.05, 0.1) is 6.54 Å². The first kappa shape index (κ1) is 18.4. The molecule has 0 atom stereocenters. The Balaban J connectivity index is 1.99. The van der Waals surface area contributed by atoms with E-state index in [1.807, 2.05) is 68.4 Å². The summed E-state index contributed by atoms with van der Waals surface area (Å²) >= 11 is 0. The topological polar surface area (TPSA) is 32.3 Å². The molecule has 0 saturated heterocycles. The first-order chi connectivity index (χ1) is 12.1. The quantitative estimate of drug-likeness (QED) is 0.642. The van der Waals surface area contributed by atoms with Gasteiger partial charge in [0.1, 0.15) is 0 Å². The molecule has 0 aliphatic rings. The molecule has 0 bridgehead atoms. The Kier molecular flexibility index (Phi) is 6.86. The highest BCUT2D eigenvalue weighted by molar-refractivity contribution is 5.81. The molecule has 2 aromatic rings. The molecule has 0 aromatic heterocycles. The van der Waals surface area contributed by atoms with E-state index in [0.29, 0.717) is 13.1 Å². The van der Waals surface area contributed by atoms with Crippen molar-refractivity contribution in [3.8, 4) is 11.8 Å². The molecule has 0 heterocycles. The number of carbonyl (C=O) groups excluding carboxylic acids is 1. The van der Waals surface area contributed by atoms with Crippen molar-refractivity contribution in [2.45, 2.75) is 13.8 Å². The van der Waals surface area contributed by atoms with Crippen molar-refractivity contribution in [2.75, 3.05) is 25.0 Å². The second-order valence-electron chi connectivity index (χ2n) is 5.92. The van der Waals surface area contributed by atoms with E-state index < -0.39 is 0 Å². The number of nitrogens with zero attached hydrogens (tertiary/aromatic N) is 1. The number of likely N-dealkylation sites (N-methyl/N-ethyl adjacent to an activating group) is 1. The first-order valence-electron chi connectivity index (χ1n) is 8.41. The number of anilines is 1. The number of amides is 1. The molecule has 2 rings (SSSR count).